The van der Waals surface area contributed by atoms with Gasteiger partial charge in [-0.1, -0.05) is 29.5 Å². The van der Waals surface area contributed by atoms with Gasteiger partial charge in [-0.05, 0) is 29.8 Å². The lowest BCUT2D eigenvalue weighted by atomic mass is 10.2. The van der Waals surface area contributed by atoms with Crippen molar-refractivity contribution in [3.05, 3.63) is 57.0 Å². The Morgan fingerprint density at radius 2 is 1.95 bits per heavy atom. The van der Waals surface area contributed by atoms with Crippen molar-refractivity contribution in [3.63, 3.8) is 0 Å². The van der Waals surface area contributed by atoms with Gasteiger partial charge in [0.2, 0.25) is 0 Å². The molecular weight excluding hydrogens is 288 g/mol. The highest BCUT2D eigenvalue weighted by Gasteiger charge is 2.07. The van der Waals surface area contributed by atoms with Gasteiger partial charge in [-0.25, -0.2) is 0 Å². The van der Waals surface area contributed by atoms with Crippen LogP contribution in [0.2, 0.25) is 0 Å². The van der Waals surface area contributed by atoms with Crippen LogP contribution in [0.1, 0.15) is 10.4 Å². The molecule has 1 heterocycles. The maximum absolute atomic E-state index is 10.6. The minimum absolute atomic E-state index is 0.120. The summed E-state index contributed by atoms with van der Waals surface area (Å²) < 4.78 is 0. The van der Waals surface area contributed by atoms with Gasteiger partial charge in [0.05, 0.1) is 11.5 Å². The topological polar surface area (TPSA) is 66.6 Å². The van der Waals surface area contributed by atoms with Gasteiger partial charge in [0.25, 0.3) is 0 Å². The van der Waals surface area contributed by atoms with Gasteiger partial charge in [0, 0.05) is 30.2 Å². The summed E-state index contributed by atoms with van der Waals surface area (Å²) in [6.07, 6.45) is 3.79. The van der Waals surface area contributed by atoms with Gasteiger partial charge in [-0.3, -0.25) is 10.1 Å². The highest BCUT2D eigenvalue weighted by molar-refractivity contribution is 7.16. The third-order valence-electron chi connectivity index (χ3n) is 3.00. The average molecular weight is 304 g/mol. The van der Waals surface area contributed by atoms with Crippen molar-refractivity contribution in [2.75, 3.05) is 25.1 Å². The molecule has 2 aromatic rings. The molecule has 0 unspecified atom stereocenters. The lowest BCUT2D eigenvalue weighted by Gasteiger charge is -2.17. The summed E-state index contributed by atoms with van der Waals surface area (Å²) in [5.74, 6) is 0. The van der Waals surface area contributed by atoms with E-state index in [1.165, 1.54) is 6.07 Å². The van der Waals surface area contributed by atoms with Crippen molar-refractivity contribution in [1.29, 1.82) is 0 Å². The zero-order valence-corrected chi connectivity index (χ0v) is 12.4. The number of hydrogen-bond donors (Lipinski definition) is 1. The van der Waals surface area contributed by atoms with Crippen LogP contribution in [0.4, 0.5) is 10.7 Å². The van der Waals surface area contributed by atoms with Crippen LogP contribution in [0.15, 0.2) is 36.4 Å². The zero-order chi connectivity index (χ0) is 15.2. The lowest BCUT2D eigenvalue weighted by molar-refractivity contribution is -0.380. The number of anilines is 1. The number of nitrogens with zero attached hydrogens (tertiary/aromatic N) is 2. The SMILES string of the molecule is CN(CCO)c1ccc(/C=C/c2ccc([N+](=O)[O-])s2)cc1. The fraction of sp³-hybridized carbons (Fsp3) is 0.200. The number of benzene rings is 1. The van der Waals surface area contributed by atoms with E-state index in [2.05, 4.69) is 0 Å². The predicted molar refractivity (Wildman–Crippen MR) is 86.7 cm³/mol. The molecule has 1 aromatic carbocycles. The summed E-state index contributed by atoms with van der Waals surface area (Å²) in [5.41, 5.74) is 2.06. The van der Waals surface area contributed by atoms with E-state index in [-0.39, 0.29) is 16.5 Å². The molecule has 0 bridgehead atoms. The Morgan fingerprint density at radius 1 is 1.24 bits per heavy atom. The molecule has 2 rings (SSSR count). The van der Waals surface area contributed by atoms with Crippen molar-refractivity contribution in [2.24, 2.45) is 0 Å². The van der Waals surface area contributed by atoms with E-state index < -0.39 is 0 Å². The highest BCUT2D eigenvalue weighted by Crippen LogP contribution is 2.25. The molecule has 0 saturated heterocycles. The molecule has 0 fully saturated rings. The molecule has 0 radical (unpaired) electrons. The Hall–Kier alpha value is -2.18. The zero-order valence-electron chi connectivity index (χ0n) is 11.6. The first-order chi connectivity index (χ1) is 10.1. The van der Waals surface area contributed by atoms with Crippen LogP contribution in [0.3, 0.4) is 0 Å². The van der Waals surface area contributed by atoms with Gasteiger partial charge in [-0.15, -0.1) is 0 Å². The first-order valence-electron chi connectivity index (χ1n) is 6.44. The molecule has 1 N–H and O–H groups in total. The predicted octanol–water partition coefficient (Wildman–Crippen LogP) is 3.26. The van der Waals surface area contributed by atoms with Gasteiger partial charge in [-0.2, -0.15) is 0 Å². The minimum Gasteiger partial charge on any atom is -0.395 e. The van der Waals surface area contributed by atoms with Gasteiger partial charge < -0.3 is 10.0 Å². The molecular formula is C15H16N2O3S. The fourth-order valence-corrected chi connectivity index (χ4v) is 2.55. The molecule has 5 nitrogen and oxygen atoms in total. The molecule has 0 spiro atoms. The summed E-state index contributed by atoms with van der Waals surface area (Å²) in [6.45, 7) is 0.712. The van der Waals surface area contributed by atoms with E-state index in [1.807, 2.05) is 48.4 Å². The van der Waals surface area contributed by atoms with Crippen molar-refractivity contribution in [2.45, 2.75) is 0 Å². The number of likely N-dealkylation sites (N-methyl/N-ethyl adjacent to an activating group) is 1. The average Bonchev–Trinajstić information content (AvgIpc) is 2.95. The highest BCUT2D eigenvalue weighted by atomic mass is 32.1. The summed E-state index contributed by atoms with van der Waals surface area (Å²) in [4.78, 5) is 13.0. The van der Waals surface area contributed by atoms with Crippen LogP contribution >= 0.6 is 11.3 Å². The molecule has 0 aliphatic rings. The van der Waals surface area contributed by atoms with Gasteiger partial charge in [0.1, 0.15) is 0 Å². The first kappa shape index (κ1) is 15.2. The van der Waals surface area contributed by atoms with Crippen LogP contribution in [0.5, 0.6) is 0 Å². The van der Waals surface area contributed by atoms with Crippen LogP contribution in [-0.4, -0.2) is 30.2 Å². The second-order valence-electron chi connectivity index (χ2n) is 4.50. The third kappa shape index (κ3) is 4.14. The maximum atomic E-state index is 10.6. The van der Waals surface area contributed by atoms with Gasteiger partial charge >= 0.3 is 5.00 Å². The third-order valence-corrected chi connectivity index (χ3v) is 4.00. The normalized spacial score (nSPS) is 11.0. The van der Waals surface area contributed by atoms with Crippen LogP contribution in [0.25, 0.3) is 12.2 Å². The van der Waals surface area contributed by atoms with E-state index in [0.717, 1.165) is 27.5 Å². The Labute approximate surface area is 126 Å². The van der Waals surface area contributed by atoms with Crippen LogP contribution in [0, 0.1) is 10.1 Å². The van der Waals surface area contributed by atoms with Crippen molar-refractivity contribution >= 4 is 34.2 Å². The molecule has 0 aliphatic heterocycles. The number of thiophene rings is 1. The summed E-state index contributed by atoms with van der Waals surface area (Å²) in [6, 6.07) is 11.2. The maximum Gasteiger partial charge on any atom is 0.324 e. The molecule has 0 aliphatic carbocycles. The van der Waals surface area contributed by atoms with E-state index >= 15 is 0 Å². The number of hydrogen-bond acceptors (Lipinski definition) is 5. The van der Waals surface area contributed by atoms with Gasteiger partial charge in [0.15, 0.2) is 0 Å². The Kier molecular flexibility index (Phi) is 5.08. The second kappa shape index (κ2) is 7.01. The monoisotopic (exact) mass is 304 g/mol. The van der Waals surface area contributed by atoms with Crippen molar-refractivity contribution in [1.82, 2.24) is 0 Å². The quantitative estimate of drug-likeness (QED) is 0.657. The molecule has 110 valence electrons. The van der Waals surface area contributed by atoms with Crippen molar-refractivity contribution in [3.8, 4) is 0 Å². The summed E-state index contributed by atoms with van der Waals surface area (Å²) in [5, 5.41) is 19.7. The van der Waals surface area contributed by atoms with Crippen molar-refractivity contribution < 1.29 is 10.0 Å². The standard InChI is InChI=1S/C15H16N2O3S/c1-16(10-11-18)13-5-2-12(3-6-13)4-7-14-8-9-15(21-14)17(19)20/h2-9,18H,10-11H2,1H3/b7-4+. The Morgan fingerprint density at radius 3 is 2.52 bits per heavy atom. The minimum atomic E-state index is -0.381. The molecule has 21 heavy (non-hydrogen) atoms. The molecule has 0 amide bonds. The molecule has 6 heteroatoms. The molecule has 1 aromatic heterocycles. The van der Waals surface area contributed by atoms with E-state index in [9.17, 15) is 10.1 Å². The number of nitro groups is 1. The van der Waals surface area contributed by atoms with Crippen LogP contribution in [-0.2, 0) is 0 Å². The summed E-state index contributed by atoms with van der Waals surface area (Å²) >= 11 is 1.15. The van der Waals surface area contributed by atoms with E-state index in [1.54, 1.807) is 6.07 Å². The largest absolute Gasteiger partial charge is 0.395 e. The molecule has 0 atom stereocenters. The molecule has 0 saturated carbocycles. The Bertz CT molecular complexity index is 635. The van der Waals surface area contributed by atoms with Crippen LogP contribution < -0.4 is 4.90 Å². The first-order valence-corrected chi connectivity index (χ1v) is 7.26. The Balaban J connectivity index is 2.05. The number of aliphatic hydroxyl groups is 1. The fourth-order valence-electron chi connectivity index (χ4n) is 1.83. The second-order valence-corrected chi connectivity index (χ2v) is 5.60. The lowest BCUT2D eigenvalue weighted by Crippen LogP contribution is -2.20. The number of aliphatic hydroxyl groups excluding tert-OH is 1. The summed E-state index contributed by atoms with van der Waals surface area (Å²) in [7, 11) is 1.92. The van der Waals surface area contributed by atoms with E-state index in [0.29, 0.717) is 6.54 Å². The van der Waals surface area contributed by atoms with E-state index in [4.69, 9.17) is 5.11 Å². The number of rotatable bonds is 6. The smallest absolute Gasteiger partial charge is 0.324 e.